The molecule has 0 aromatic heterocycles. The lowest BCUT2D eigenvalue weighted by Crippen LogP contribution is -2.26. The molecular weight excluding hydrogens is 763 g/mol. The molecule has 0 radical (unpaired) electrons. The Kier molecular flexibility index (Phi) is 7.68. The molecule has 1 spiro atoms. The first-order chi connectivity index (χ1) is 31.0. The van der Waals surface area contributed by atoms with E-state index in [2.05, 4.69) is 231 Å². The molecule has 2 aliphatic carbocycles. The van der Waals surface area contributed by atoms with Crippen LogP contribution in [0.15, 0.2) is 212 Å². The van der Waals surface area contributed by atoms with Crippen molar-refractivity contribution in [2.75, 3.05) is 4.90 Å². The van der Waals surface area contributed by atoms with E-state index in [9.17, 15) is 0 Å². The zero-order valence-electron chi connectivity index (χ0n) is 35.1. The topological polar surface area (TPSA) is 12.5 Å². The molecule has 1 heterocycles. The SMILES string of the molecule is Cc1ccc2c(c1)C1(c3ccc(-c4cccc5ccccc45)cc3-c3ccc(N4c5ccc(-c6ccccc6)cc5Oc5cc(-c6ccccc6)ccc54)cc31)c1cc(C)ccc1-2. The molecule has 0 amide bonds. The summed E-state index contributed by atoms with van der Waals surface area (Å²) in [5, 5.41) is 2.51. The number of nitrogens with zero attached hydrogens (tertiary/aromatic N) is 1. The van der Waals surface area contributed by atoms with E-state index in [0.29, 0.717) is 0 Å². The first kappa shape index (κ1) is 35.8. The van der Waals surface area contributed by atoms with Crippen molar-refractivity contribution in [1.82, 2.24) is 0 Å². The minimum atomic E-state index is -0.521. The van der Waals surface area contributed by atoms with Crippen LogP contribution in [0.2, 0.25) is 0 Å². The van der Waals surface area contributed by atoms with Crippen LogP contribution in [0.25, 0.3) is 66.4 Å². The van der Waals surface area contributed by atoms with Crippen LogP contribution in [0.1, 0.15) is 33.4 Å². The molecule has 2 heteroatoms. The number of benzene rings is 10. The lowest BCUT2D eigenvalue weighted by atomic mass is 9.70. The summed E-state index contributed by atoms with van der Waals surface area (Å²) in [7, 11) is 0. The van der Waals surface area contributed by atoms with Gasteiger partial charge in [-0.3, -0.25) is 0 Å². The summed E-state index contributed by atoms with van der Waals surface area (Å²) < 4.78 is 6.95. The van der Waals surface area contributed by atoms with Gasteiger partial charge in [0.05, 0.1) is 16.8 Å². The summed E-state index contributed by atoms with van der Waals surface area (Å²) in [6.07, 6.45) is 0. The predicted molar refractivity (Wildman–Crippen MR) is 261 cm³/mol. The Bertz CT molecular complexity index is 3360. The first-order valence-corrected chi connectivity index (χ1v) is 21.9. The highest BCUT2D eigenvalue weighted by atomic mass is 16.5. The van der Waals surface area contributed by atoms with Crippen molar-refractivity contribution in [3.8, 4) is 67.1 Å². The summed E-state index contributed by atoms with van der Waals surface area (Å²) in [6.45, 7) is 4.46. The normalized spacial score (nSPS) is 13.5. The summed E-state index contributed by atoms with van der Waals surface area (Å²) >= 11 is 0. The summed E-state index contributed by atoms with van der Waals surface area (Å²) in [5.74, 6) is 1.66. The van der Waals surface area contributed by atoms with Crippen molar-refractivity contribution in [3.05, 3.63) is 246 Å². The van der Waals surface area contributed by atoms with Crippen LogP contribution in [-0.4, -0.2) is 0 Å². The Morgan fingerprint density at radius 1 is 0.349 bits per heavy atom. The molecule has 13 rings (SSSR count). The highest BCUT2D eigenvalue weighted by Gasteiger charge is 2.52. The maximum absolute atomic E-state index is 6.95. The minimum Gasteiger partial charge on any atom is -0.453 e. The lowest BCUT2D eigenvalue weighted by molar-refractivity contribution is 0.477. The van der Waals surface area contributed by atoms with Crippen LogP contribution in [0.4, 0.5) is 17.1 Å². The summed E-state index contributed by atoms with van der Waals surface area (Å²) in [5.41, 5.74) is 22.6. The standard InChI is InChI=1S/C61H41NO/c1-38-20-26-49-50-27-21-39(2)33-55(50)61(54(49)32-38)53-29-22-45(48-19-11-17-42-16-9-10-18-47(42)48)34-52(53)51-28-25-46(37-56(51)61)62-57-30-23-43(40-12-5-3-6-13-40)35-59(57)63-60-36-44(24-31-58(60)62)41-14-7-4-8-15-41/h3-37H,1-2H3. The zero-order valence-corrected chi connectivity index (χ0v) is 35.1. The van der Waals surface area contributed by atoms with Gasteiger partial charge in [-0.05, 0) is 145 Å². The summed E-state index contributed by atoms with van der Waals surface area (Å²) in [4.78, 5) is 2.42. The van der Waals surface area contributed by atoms with Gasteiger partial charge >= 0.3 is 0 Å². The van der Waals surface area contributed by atoms with Crippen LogP contribution in [0.5, 0.6) is 11.5 Å². The van der Waals surface area contributed by atoms with Crippen molar-refractivity contribution in [2.24, 2.45) is 0 Å². The van der Waals surface area contributed by atoms with Crippen LogP contribution in [0, 0.1) is 13.8 Å². The number of hydrogen-bond donors (Lipinski definition) is 0. The van der Waals surface area contributed by atoms with E-state index in [0.717, 1.165) is 50.8 Å². The van der Waals surface area contributed by atoms with Gasteiger partial charge in [-0.2, -0.15) is 0 Å². The first-order valence-electron chi connectivity index (χ1n) is 21.9. The Morgan fingerprint density at radius 3 is 1.54 bits per heavy atom. The quantitative estimate of drug-likeness (QED) is 0.176. The van der Waals surface area contributed by atoms with Gasteiger partial charge in [0.15, 0.2) is 11.5 Å². The number of hydrogen-bond acceptors (Lipinski definition) is 2. The molecule has 1 aliphatic heterocycles. The number of fused-ring (bicyclic) bond motifs is 13. The van der Waals surface area contributed by atoms with E-state index < -0.39 is 5.41 Å². The van der Waals surface area contributed by atoms with E-state index >= 15 is 0 Å². The van der Waals surface area contributed by atoms with Gasteiger partial charge < -0.3 is 9.64 Å². The predicted octanol–water partition coefficient (Wildman–Crippen LogP) is 16.4. The monoisotopic (exact) mass is 803 g/mol. The largest absolute Gasteiger partial charge is 0.453 e. The van der Waals surface area contributed by atoms with Gasteiger partial charge in [0.25, 0.3) is 0 Å². The second-order valence-electron chi connectivity index (χ2n) is 17.4. The van der Waals surface area contributed by atoms with Gasteiger partial charge in [-0.1, -0.05) is 181 Å². The molecule has 10 aromatic rings. The van der Waals surface area contributed by atoms with E-state index in [-0.39, 0.29) is 0 Å². The smallest absolute Gasteiger partial charge is 0.152 e. The Hall–Kier alpha value is -7.94. The maximum atomic E-state index is 6.95. The fraction of sp³-hybridized carbons (Fsp3) is 0.0492. The molecule has 3 aliphatic rings. The molecule has 0 N–H and O–H groups in total. The van der Waals surface area contributed by atoms with Crippen molar-refractivity contribution in [2.45, 2.75) is 19.3 Å². The third-order valence-corrected chi connectivity index (χ3v) is 13.8. The van der Waals surface area contributed by atoms with Crippen molar-refractivity contribution >= 4 is 27.8 Å². The van der Waals surface area contributed by atoms with E-state index in [1.165, 1.54) is 77.5 Å². The fourth-order valence-electron chi connectivity index (χ4n) is 10.9. The number of rotatable bonds is 4. The Morgan fingerprint density at radius 2 is 0.889 bits per heavy atom. The molecule has 63 heavy (non-hydrogen) atoms. The van der Waals surface area contributed by atoms with Crippen LogP contribution < -0.4 is 9.64 Å². The highest BCUT2D eigenvalue weighted by molar-refractivity contribution is 6.01. The van der Waals surface area contributed by atoms with E-state index in [1.807, 2.05) is 0 Å². The second-order valence-corrected chi connectivity index (χ2v) is 17.4. The minimum absolute atomic E-state index is 0.521. The van der Waals surface area contributed by atoms with Crippen molar-refractivity contribution < 1.29 is 4.74 Å². The van der Waals surface area contributed by atoms with Gasteiger partial charge in [0, 0.05) is 5.69 Å². The summed E-state index contributed by atoms with van der Waals surface area (Å²) in [6, 6.07) is 78.4. The highest BCUT2D eigenvalue weighted by Crippen LogP contribution is 2.64. The average Bonchev–Trinajstić information content (AvgIpc) is 3.78. The van der Waals surface area contributed by atoms with E-state index in [1.54, 1.807) is 0 Å². The number of ether oxygens (including phenoxy) is 1. The van der Waals surface area contributed by atoms with Crippen molar-refractivity contribution in [1.29, 1.82) is 0 Å². The molecule has 0 saturated carbocycles. The van der Waals surface area contributed by atoms with Crippen LogP contribution in [0.3, 0.4) is 0 Å². The Balaban J connectivity index is 1.07. The molecule has 0 unspecified atom stereocenters. The third kappa shape index (κ3) is 5.25. The van der Waals surface area contributed by atoms with Gasteiger partial charge in [-0.25, -0.2) is 0 Å². The van der Waals surface area contributed by atoms with E-state index in [4.69, 9.17) is 4.74 Å². The van der Waals surface area contributed by atoms with Crippen LogP contribution >= 0.6 is 0 Å². The molecule has 296 valence electrons. The molecule has 2 nitrogen and oxygen atoms in total. The second kappa shape index (κ2) is 13.5. The molecular formula is C61H41NO. The zero-order chi connectivity index (χ0) is 41.8. The molecule has 0 atom stereocenters. The average molecular weight is 804 g/mol. The molecule has 10 aromatic carbocycles. The molecule has 0 fully saturated rings. The fourth-order valence-corrected chi connectivity index (χ4v) is 10.9. The Labute approximate surface area is 368 Å². The number of aryl methyl sites for hydroxylation is 2. The molecule has 0 saturated heterocycles. The van der Waals surface area contributed by atoms with Crippen molar-refractivity contribution in [3.63, 3.8) is 0 Å². The molecule has 0 bridgehead atoms. The third-order valence-electron chi connectivity index (χ3n) is 13.8. The van der Waals surface area contributed by atoms with Gasteiger partial charge in [0.2, 0.25) is 0 Å². The van der Waals surface area contributed by atoms with Gasteiger partial charge in [-0.15, -0.1) is 0 Å². The lowest BCUT2D eigenvalue weighted by Gasteiger charge is -2.35. The number of anilines is 3. The van der Waals surface area contributed by atoms with Gasteiger partial charge in [0.1, 0.15) is 0 Å². The van der Waals surface area contributed by atoms with Crippen LogP contribution in [-0.2, 0) is 5.41 Å². The maximum Gasteiger partial charge on any atom is 0.152 e.